The van der Waals surface area contributed by atoms with Gasteiger partial charge in [-0.15, -0.1) is 5.10 Å². The Hall–Kier alpha value is -0.750. The second kappa shape index (κ2) is 4.85. The summed E-state index contributed by atoms with van der Waals surface area (Å²) in [7, 11) is 1.74. The van der Waals surface area contributed by atoms with Crippen molar-refractivity contribution in [1.29, 1.82) is 0 Å². The van der Waals surface area contributed by atoms with Gasteiger partial charge in [0.25, 0.3) is 0 Å². The highest BCUT2D eigenvalue weighted by Crippen LogP contribution is 2.20. The van der Waals surface area contributed by atoms with Gasteiger partial charge in [0.15, 0.2) is 5.16 Å². The summed E-state index contributed by atoms with van der Waals surface area (Å²) in [6.45, 7) is 2.23. The van der Waals surface area contributed by atoms with E-state index in [1.54, 1.807) is 23.4 Å². The predicted octanol–water partition coefficient (Wildman–Crippen LogP) is 0.200. The molecule has 0 radical (unpaired) electrons. The zero-order chi connectivity index (χ0) is 10.7. The van der Waals surface area contributed by atoms with Crippen molar-refractivity contribution in [3.8, 4) is 0 Å². The summed E-state index contributed by atoms with van der Waals surface area (Å²) in [4.78, 5) is 11.1. The number of thioether (sulfide) groups is 1. The van der Waals surface area contributed by atoms with Gasteiger partial charge < -0.3 is 5.32 Å². The molecule has 2 rings (SSSR count). The van der Waals surface area contributed by atoms with Crippen LogP contribution in [0.2, 0.25) is 0 Å². The first kappa shape index (κ1) is 10.8. The molecule has 0 aromatic carbocycles. The fourth-order valence-corrected chi connectivity index (χ4v) is 2.78. The van der Waals surface area contributed by atoms with Gasteiger partial charge in [-0.2, -0.15) is 0 Å². The second-order valence-corrected chi connectivity index (χ2v) is 4.88. The molecule has 5 nitrogen and oxygen atoms in total. The van der Waals surface area contributed by atoms with E-state index in [0.29, 0.717) is 5.92 Å². The summed E-state index contributed by atoms with van der Waals surface area (Å²) in [5, 5.41) is 10.6. The van der Waals surface area contributed by atoms with Crippen LogP contribution in [0.15, 0.2) is 9.95 Å². The van der Waals surface area contributed by atoms with Gasteiger partial charge in [0.2, 0.25) is 0 Å². The molecule has 1 aliphatic rings. The van der Waals surface area contributed by atoms with Crippen molar-refractivity contribution in [3.63, 3.8) is 0 Å². The van der Waals surface area contributed by atoms with Gasteiger partial charge in [-0.3, -0.25) is 4.57 Å². The third-order valence-corrected chi connectivity index (χ3v) is 3.95. The maximum atomic E-state index is 11.1. The Balaban J connectivity index is 1.87. The van der Waals surface area contributed by atoms with E-state index >= 15 is 0 Å². The molecule has 1 atom stereocenters. The van der Waals surface area contributed by atoms with Crippen LogP contribution < -0.4 is 11.0 Å². The number of nitrogens with one attached hydrogen (secondary N) is 2. The van der Waals surface area contributed by atoms with E-state index in [0.717, 1.165) is 24.0 Å². The maximum Gasteiger partial charge on any atom is 0.343 e. The Labute approximate surface area is 92.6 Å². The van der Waals surface area contributed by atoms with E-state index < -0.39 is 0 Å². The molecule has 1 aromatic heterocycles. The van der Waals surface area contributed by atoms with Crippen LogP contribution in [0, 0.1) is 5.92 Å². The molecule has 0 amide bonds. The topological polar surface area (TPSA) is 62.7 Å². The quantitative estimate of drug-likeness (QED) is 0.726. The number of nitrogens with zero attached hydrogens (tertiary/aromatic N) is 2. The third-order valence-electron chi connectivity index (χ3n) is 2.69. The molecular formula is C9H16N4OS. The minimum Gasteiger partial charge on any atom is -0.316 e. The van der Waals surface area contributed by atoms with Gasteiger partial charge in [-0.1, -0.05) is 11.8 Å². The van der Waals surface area contributed by atoms with E-state index in [2.05, 4.69) is 15.5 Å². The number of H-pyrrole nitrogens is 1. The van der Waals surface area contributed by atoms with E-state index in [-0.39, 0.29) is 5.69 Å². The monoisotopic (exact) mass is 228 g/mol. The first-order valence-electron chi connectivity index (χ1n) is 5.22. The molecule has 1 saturated heterocycles. The Morgan fingerprint density at radius 1 is 1.67 bits per heavy atom. The lowest BCUT2D eigenvalue weighted by Gasteiger charge is -2.21. The van der Waals surface area contributed by atoms with E-state index in [1.165, 1.54) is 12.8 Å². The smallest absolute Gasteiger partial charge is 0.316 e. The van der Waals surface area contributed by atoms with Crippen molar-refractivity contribution >= 4 is 11.8 Å². The van der Waals surface area contributed by atoms with Crippen LogP contribution in [-0.2, 0) is 7.05 Å². The van der Waals surface area contributed by atoms with Crippen molar-refractivity contribution in [2.75, 3.05) is 18.8 Å². The van der Waals surface area contributed by atoms with Crippen LogP contribution in [-0.4, -0.2) is 33.6 Å². The summed E-state index contributed by atoms with van der Waals surface area (Å²) < 4.78 is 1.56. The molecule has 1 aromatic rings. The van der Waals surface area contributed by atoms with Gasteiger partial charge in [-0.25, -0.2) is 9.89 Å². The minimum absolute atomic E-state index is 0.140. The highest BCUT2D eigenvalue weighted by atomic mass is 32.2. The Kier molecular flexibility index (Phi) is 3.48. The molecule has 1 unspecified atom stereocenters. The SMILES string of the molecule is Cn1c(SCC2CCCNC2)n[nH]c1=O. The first-order valence-corrected chi connectivity index (χ1v) is 6.21. The number of aromatic amines is 1. The molecule has 0 saturated carbocycles. The largest absolute Gasteiger partial charge is 0.343 e. The van der Waals surface area contributed by atoms with E-state index in [9.17, 15) is 4.79 Å². The van der Waals surface area contributed by atoms with Crippen molar-refractivity contribution in [3.05, 3.63) is 10.5 Å². The Bertz CT molecular complexity index is 366. The molecule has 0 aliphatic carbocycles. The maximum absolute atomic E-state index is 11.1. The highest BCUT2D eigenvalue weighted by molar-refractivity contribution is 7.99. The molecule has 0 bridgehead atoms. The van der Waals surface area contributed by atoms with E-state index in [4.69, 9.17) is 0 Å². The fourth-order valence-electron chi connectivity index (χ4n) is 1.72. The second-order valence-electron chi connectivity index (χ2n) is 3.89. The summed E-state index contributed by atoms with van der Waals surface area (Å²) >= 11 is 1.65. The average molecular weight is 228 g/mol. The number of hydrogen-bond donors (Lipinski definition) is 2. The third kappa shape index (κ3) is 2.63. The van der Waals surface area contributed by atoms with Gasteiger partial charge in [0.05, 0.1) is 0 Å². The van der Waals surface area contributed by atoms with Crippen LogP contribution in [0.1, 0.15) is 12.8 Å². The van der Waals surface area contributed by atoms with Crippen LogP contribution >= 0.6 is 11.8 Å². The van der Waals surface area contributed by atoms with Gasteiger partial charge in [0.1, 0.15) is 0 Å². The van der Waals surface area contributed by atoms with Gasteiger partial charge in [-0.05, 0) is 31.8 Å². The minimum atomic E-state index is -0.140. The molecule has 1 aliphatic heterocycles. The average Bonchev–Trinajstić information content (AvgIpc) is 2.59. The molecular weight excluding hydrogens is 212 g/mol. The molecule has 15 heavy (non-hydrogen) atoms. The Morgan fingerprint density at radius 2 is 2.53 bits per heavy atom. The number of hydrogen-bond acceptors (Lipinski definition) is 4. The summed E-state index contributed by atoms with van der Waals surface area (Å²) in [6.07, 6.45) is 2.53. The van der Waals surface area contributed by atoms with Crippen molar-refractivity contribution in [1.82, 2.24) is 20.1 Å². The lowest BCUT2D eigenvalue weighted by Crippen LogP contribution is -2.31. The number of rotatable bonds is 3. The van der Waals surface area contributed by atoms with Crippen molar-refractivity contribution in [2.45, 2.75) is 18.0 Å². The van der Waals surface area contributed by atoms with Crippen LogP contribution in [0.3, 0.4) is 0 Å². The molecule has 6 heteroatoms. The lowest BCUT2D eigenvalue weighted by atomic mass is 10.0. The predicted molar refractivity (Wildman–Crippen MR) is 60.1 cm³/mol. The zero-order valence-electron chi connectivity index (χ0n) is 8.82. The van der Waals surface area contributed by atoms with E-state index in [1.807, 2.05) is 0 Å². The summed E-state index contributed by atoms with van der Waals surface area (Å²) in [6, 6.07) is 0. The number of aromatic nitrogens is 3. The van der Waals surface area contributed by atoms with Crippen molar-refractivity contribution in [2.24, 2.45) is 13.0 Å². The molecule has 1 fully saturated rings. The van der Waals surface area contributed by atoms with Crippen molar-refractivity contribution < 1.29 is 0 Å². The summed E-state index contributed by atoms with van der Waals surface area (Å²) in [5.74, 6) is 1.74. The first-order chi connectivity index (χ1) is 7.27. The Morgan fingerprint density at radius 3 is 3.13 bits per heavy atom. The summed E-state index contributed by atoms with van der Waals surface area (Å²) in [5.41, 5.74) is -0.140. The van der Waals surface area contributed by atoms with Crippen LogP contribution in [0.5, 0.6) is 0 Å². The normalized spacial score (nSPS) is 21.8. The molecule has 2 N–H and O–H groups in total. The molecule has 2 heterocycles. The van der Waals surface area contributed by atoms with Gasteiger partial charge >= 0.3 is 5.69 Å². The zero-order valence-corrected chi connectivity index (χ0v) is 9.64. The molecule has 0 spiro atoms. The molecule has 84 valence electrons. The standard InChI is InChI=1S/C9H16N4OS/c1-13-8(14)11-12-9(13)15-6-7-3-2-4-10-5-7/h7,10H,2-6H2,1H3,(H,11,14). The van der Waals surface area contributed by atoms with Gasteiger partial charge in [0, 0.05) is 12.8 Å². The number of piperidine rings is 1. The highest BCUT2D eigenvalue weighted by Gasteiger charge is 2.14. The fraction of sp³-hybridized carbons (Fsp3) is 0.778. The van der Waals surface area contributed by atoms with Crippen LogP contribution in [0.4, 0.5) is 0 Å². The van der Waals surface area contributed by atoms with Crippen LogP contribution in [0.25, 0.3) is 0 Å². The lowest BCUT2D eigenvalue weighted by molar-refractivity contribution is 0.410.